The molecule has 18 rings (SSSR count). The predicted molar refractivity (Wildman–Crippen MR) is 385 cm³/mol. The highest BCUT2D eigenvalue weighted by Gasteiger charge is 2.43. The van der Waals surface area contributed by atoms with Gasteiger partial charge in [-0.3, -0.25) is 0 Å². The molecule has 16 aromatic rings. The van der Waals surface area contributed by atoms with Gasteiger partial charge in [0, 0.05) is 83.8 Å². The van der Waals surface area contributed by atoms with Crippen LogP contribution in [0.2, 0.25) is 0 Å². The number of rotatable bonds is 11. The van der Waals surface area contributed by atoms with Crippen molar-refractivity contribution in [3.63, 3.8) is 0 Å². The molecule has 2 aliphatic heterocycles. The fraction of sp³-hybridized carbons (Fsp3) is 0. The van der Waals surface area contributed by atoms with Gasteiger partial charge in [-0.25, -0.2) is 29.9 Å². The normalized spacial score (nSPS) is 12.2. The van der Waals surface area contributed by atoms with Crippen LogP contribution in [0.25, 0.3) is 118 Å². The van der Waals surface area contributed by atoms with E-state index in [1.165, 1.54) is 39.1 Å². The lowest BCUT2D eigenvalue weighted by Gasteiger charge is -2.44. The monoisotopic (exact) mass is 1200 g/mol. The molecule has 94 heavy (non-hydrogen) atoms. The van der Waals surface area contributed by atoms with Gasteiger partial charge in [0.25, 0.3) is 6.71 Å². The SMILES string of the molecule is c1ccc(-c2nc(-c3ccccc3)nc(-c3ccc(-n4c5ccccc5c5cc(-c6nc(-c7ccccc7)nc(-c7ccccc7)n6)ccc54)c(-c4ccc(-c5ccc(N6c7ccccc7B7c8ccccc8N(c8ccccc8)c8cccc6c87)cc5)cc4)c3)n2)cc1. The number of hydrogen-bond acceptors (Lipinski definition) is 8. The Balaban J connectivity index is 0.761. The van der Waals surface area contributed by atoms with Crippen molar-refractivity contribution in [2.45, 2.75) is 0 Å². The Bertz CT molecular complexity index is 5440. The molecule has 0 atom stereocenters. The molecule has 0 radical (unpaired) electrons. The molecule has 0 N–H and O–H groups in total. The van der Waals surface area contributed by atoms with Gasteiger partial charge in [0.2, 0.25) is 0 Å². The number of aromatic nitrogens is 7. The molecule has 0 amide bonds. The Morgan fingerprint density at radius 3 is 1.10 bits per heavy atom. The first-order valence-electron chi connectivity index (χ1n) is 31.7. The summed E-state index contributed by atoms with van der Waals surface area (Å²) in [6.07, 6.45) is 0. The maximum atomic E-state index is 5.22. The average Bonchev–Trinajstić information content (AvgIpc) is 0.843. The Morgan fingerprint density at radius 2 is 0.585 bits per heavy atom. The molecule has 2 aliphatic rings. The maximum absolute atomic E-state index is 5.22. The van der Waals surface area contributed by atoms with E-state index in [9.17, 15) is 0 Å². The fourth-order valence-electron chi connectivity index (χ4n) is 14.0. The summed E-state index contributed by atoms with van der Waals surface area (Å²) < 4.78 is 2.39. The van der Waals surface area contributed by atoms with Crippen LogP contribution in [0.15, 0.2) is 328 Å². The molecule has 10 heteroatoms. The molecule has 0 aliphatic carbocycles. The van der Waals surface area contributed by atoms with Crippen LogP contribution in [-0.2, 0) is 0 Å². The van der Waals surface area contributed by atoms with Crippen LogP contribution in [0.1, 0.15) is 0 Å². The third-order valence-corrected chi connectivity index (χ3v) is 18.3. The molecule has 5 heterocycles. The Morgan fingerprint density at radius 1 is 0.223 bits per heavy atom. The Hall–Kier alpha value is -12.7. The van der Waals surface area contributed by atoms with Gasteiger partial charge in [-0.2, -0.15) is 0 Å². The van der Waals surface area contributed by atoms with Gasteiger partial charge in [0.15, 0.2) is 34.9 Å². The van der Waals surface area contributed by atoms with E-state index in [1.807, 2.05) is 121 Å². The zero-order chi connectivity index (χ0) is 62.1. The smallest absolute Gasteiger partial charge is 0.252 e. The summed E-state index contributed by atoms with van der Waals surface area (Å²) in [5.41, 5.74) is 23.6. The minimum absolute atomic E-state index is 0.0726. The van der Waals surface area contributed by atoms with E-state index in [-0.39, 0.29) is 6.71 Å². The molecule has 0 saturated heterocycles. The highest BCUT2D eigenvalue weighted by Crippen LogP contribution is 2.45. The van der Waals surface area contributed by atoms with Gasteiger partial charge in [-0.15, -0.1) is 0 Å². The van der Waals surface area contributed by atoms with Crippen molar-refractivity contribution in [3.8, 4) is 96.3 Å². The lowest BCUT2D eigenvalue weighted by atomic mass is 9.33. The molecule has 0 spiro atoms. The predicted octanol–water partition coefficient (Wildman–Crippen LogP) is 18.6. The Kier molecular flexibility index (Phi) is 13.1. The van der Waals surface area contributed by atoms with E-state index >= 15 is 0 Å². The summed E-state index contributed by atoms with van der Waals surface area (Å²) in [7, 11) is 0. The van der Waals surface area contributed by atoms with Gasteiger partial charge < -0.3 is 14.4 Å². The zero-order valence-electron chi connectivity index (χ0n) is 50.8. The van der Waals surface area contributed by atoms with E-state index in [0.29, 0.717) is 34.9 Å². The third kappa shape index (κ3) is 9.34. The quantitative estimate of drug-likeness (QED) is 0.118. The number of anilines is 6. The number of nitrogens with zero attached hydrogens (tertiary/aromatic N) is 9. The lowest BCUT2D eigenvalue weighted by molar-refractivity contribution is 1.07. The number of hydrogen-bond donors (Lipinski definition) is 0. The van der Waals surface area contributed by atoms with E-state index in [1.54, 1.807) is 0 Å². The molecular weight excluding hydrogens is 1150 g/mol. The van der Waals surface area contributed by atoms with E-state index < -0.39 is 0 Å². The van der Waals surface area contributed by atoms with Crippen LogP contribution in [0, 0.1) is 0 Å². The summed E-state index contributed by atoms with van der Waals surface area (Å²) in [5, 5.41) is 2.17. The molecule has 9 nitrogen and oxygen atoms in total. The van der Waals surface area contributed by atoms with Crippen LogP contribution in [0.4, 0.5) is 34.1 Å². The maximum Gasteiger partial charge on any atom is 0.252 e. The van der Waals surface area contributed by atoms with Crippen LogP contribution in [0.5, 0.6) is 0 Å². The van der Waals surface area contributed by atoms with E-state index in [0.717, 1.165) is 94.5 Å². The molecule has 0 bridgehead atoms. The highest BCUT2D eigenvalue weighted by molar-refractivity contribution is 7.00. The third-order valence-electron chi connectivity index (χ3n) is 18.3. The van der Waals surface area contributed by atoms with Gasteiger partial charge in [-0.1, -0.05) is 237 Å². The first-order chi connectivity index (χ1) is 46.6. The second-order valence-electron chi connectivity index (χ2n) is 23.8. The summed E-state index contributed by atoms with van der Waals surface area (Å²) in [6.45, 7) is 0.0726. The van der Waals surface area contributed by atoms with Crippen molar-refractivity contribution in [2.24, 2.45) is 0 Å². The van der Waals surface area contributed by atoms with Gasteiger partial charge >= 0.3 is 0 Å². The molecule has 0 unspecified atom stereocenters. The zero-order valence-corrected chi connectivity index (χ0v) is 50.8. The Labute approximate surface area is 544 Å². The summed E-state index contributed by atoms with van der Waals surface area (Å²) in [4.78, 5) is 35.7. The first kappa shape index (κ1) is 54.3. The van der Waals surface area contributed by atoms with Crippen LogP contribution in [0.3, 0.4) is 0 Å². The van der Waals surface area contributed by atoms with Crippen molar-refractivity contribution < 1.29 is 0 Å². The topological polar surface area (TPSA) is 88.7 Å². The fourth-order valence-corrected chi connectivity index (χ4v) is 14.0. The molecule has 438 valence electrons. The second-order valence-corrected chi connectivity index (χ2v) is 23.8. The molecular formula is C84H54BN9. The van der Waals surface area contributed by atoms with Gasteiger partial charge in [0.05, 0.1) is 16.7 Å². The standard InChI is InChI=1S/C84H54BN9/c1-6-23-58(24-7-1)79-86-80(59-25-8-2-9-26-59)89-83(88-79)62-47-51-72(94-71-36-19-16-33-66(71)68-54-63(48-52-73(68)94)84-90-81(60-27-10-3-11-28-60)87-82(91-84)61-29-12-4-13-30-61)67(53-62)57-43-41-55(42-44-57)56-45-49-65(50-46-56)93-75-38-21-18-35-70(75)85-69-34-17-20-37-74(69)92(64-31-14-5-15-32-64)76-39-22-40-77(93)78(76)85/h1-54H. The lowest BCUT2D eigenvalue weighted by Crippen LogP contribution is -2.61. The summed E-state index contributed by atoms with van der Waals surface area (Å²) >= 11 is 0. The highest BCUT2D eigenvalue weighted by atomic mass is 15.2. The number of para-hydroxylation sites is 4. The number of fused-ring (bicyclic) bond motifs is 7. The van der Waals surface area contributed by atoms with Crippen LogP contribution in [-0.4, -0.2) is 41.2 Å². The summed E-state index contributed by atoms with van der Waals surface area (Å²) in [5.74, 6) is 3.61. The minimum atomic E-state index is 0.0726. The van der Waals surface area contributed by atoms with Crippen molar-refractivity contribution in [2.75, 3.05) is 9.80 Å². The van der Waals surface area contributed by atoms with Crippen LogP contribution < -0.4 is 26.2 Å². The second kappa shape index (κ2) is 22.7. The van der Waals surface area contributed by atoms with Crippen molar-refractivity contribution in [1.29, 1.82) is 0 Å². The van der Waals surface area contributed by atoms with Gasteiger partial charge in [-0.05, 0) is 124 Å². The molecule has 0 fully saturated rings. The molecule has 13 aromatic carbocycles. The first-order valence-corrected chi connectivity index (χ1v) is 31.7. The average molecular weight is 1200 g/mol. The van der Waals surface area contributed by atoms with Crippen molar-refractivity contribution in [1.82, 2.24) is 34.5 Å². The van der Waals surface area contributed by atoms with Crippen LogP contribution >= 0.6 is 0 Å². The van der Waals surface area contributed by atoms with Gasteiger partial charge in [0.1, 0.15) is 0 Å². The van der Waals surface area contributed by atoms with E-state index in [4.69, 9.17) is 29.9 Å². The summed E-state index contributed by atoms with van der Waals surface area (Å²) in [6, 6.07) is 116. The largest absolute Gasteiger partial charge is 0.311 e. The molecule has 0 saturated carbocycles. The minimum Gasteiger partial charge on any atom is -0.311 e. The van der Waals surface area contributed by atoms with Crippen molar-refractivity contribution >= 4 is 79.0 Å². The molecule has 3 aromatic heterocycles. The van der Waals surface area contributed by atoms with E-state index in [2.05, 4.69) is 221 Å². The van der Waals surface area contributed by atoms with Crippen molar-refractivity contribution in [3.05, 3.63) is 328 Å². The number of benzene rings is 13.